The van der Waals surface area contributed by atoms with Crippen molar-refractivity contribution in [1.82, 2.24) is 15.1 Å². The summed E-state index contributed by atoms with van der Waals surface area (Å²) < 4.78 is 47.2. The zero-order chi connectivity index (χ0) is 34.7. The molecule has 260 valence electrons. The molecule has 2 bridgehead atoms. The van der Waals surface area contributed by atoms with Crippen molar-refractivity contribution in [3.05, 3.63) is 47.5 Å². The Balaban J connectivity index is 1.13. The Morgan fingerprint density at radius 2 is 1.88 bits per heavy atom. The summed E-state index contributed by atoms with van der Waals surface area (Å²) in [5.41, 5.74) is -1.27. The van der Waals surface area contributed by atoms with Crippen molar-refractivity contribution in [2.75, 3.05) is 26.2 Å². The molecule has 3 saturated heterocycles. The molecule has 12 heteroatoms. The second-order valence-corrected chi connectivity index (χ2v) is 16.3. The van der Waals surface area contributed by atoms with Crippen LogP contribution in [0.2, 0.25) is 0 Å². The molecular formula is C36H49BF2N4O5. The van der Waals surface area contributed by atoms with E-state index in [1.54, 1.807) is 25.7 Å². The summed E-state index contributed by atoms with van der Waals surface area (Å²) >= 11 is 0. The molecule has 48 heavy (non-hydrogen) atoms. The Labute approximate surface area is 283 Å². The highest BCUT2D eigenvalue weighted by Crippen LogP contribution is 2.65. The van der Waals surface area contributed by atoms with E-state index < -0.39 is 54.3 Å². The van der Waals surface area contributed by atoms with Gasteiger partial charge in [-0.2, -0.15) is 5.26 Å². The lowest BCUT2D eigenvalue weighted by Crippen LogP contribution is -2.65. The number of likely N-dealkylation sites (tertiary alicyclic amines) is 2. The predicted octanol–water partition coefficient (Wildman–Crippen LogP) is 5.54. The molecule has 9 nitrogen and oxygen atoms in total. The van der Waals surface area contributed by atoms with E-state index in [-0.39, 0.29) is 36.6 Å². The number of rotatable bonds is 8. The number of piperidine rings is 1. The van der Waals surface area contributed by atoms with E-state index in [0.29, 0.717) is 37.6 Å². The number of alkyl carbamates (subject to hydrolysis) is 1. The Kier molecular flexibility index (Phi) is 9.00. The highest BCUT2D eigenvalue weighted by Gasteiger charge is 2.68. The quantitative estimate of drug-likeness (QED) is 0.221. The molecule has 6 fully saturated rings. The van der Waals surface area contributed by atoms with Gasteiger partial charge in [0.25, 0.3) is 11.8 Å². The van der Waals surface area contributed by atoms with Crippen molar-refractivity contribution in [2.24, 2.45) is 17.3 Å². The van der Waals surface area contributed by atoms with Gasteiger partial charge in [-0.15, -0.1) is 0 Å². The summed E-state index contributed by atoms with van der Waals surface area (Å²) in [6.07, 6.45) is 4.19. The van der Waals surface area contributed by atoms with Crippen molar-refractivity contribution in [3.8, 4) is 6.07 Å². The Morgan fingerprint density at radius 1 is 1.15 bits per heavy atom. The number of carbonyl (C=O) groups excluding carboxylic acids is 2. The highest BCUT2D eigenvalue weighted by atomic mass is 19.3. The van der Waals surface area contributed by atoms with Crippen LogP contribution in [0, 0.1) is 28.6 Å². The Morgan fingerprint density at radius 3 is 2.52 bits per heavy atom. The third-order valence-electron chi connectivity index (χ3n) is 12.0. The van der Waals surface area contributed by atoms with Gasteiger partial charge in [-0.3, -0.25) is 9.69 Å². The number of nitrogens with zero attached hydrogens (tertiary/aromatic N) is 3. The number of hydrogen-bond donors (Lipinski definition) is 1. The number of nitrogens with one attached hydrogen (secondary N) is 1. The van der Waals surface area contributed by atoms with Crippen molar-refractivity contribution in [1.29, 1.82) is 5.26 Å². The maximum absolute atomic E-state index is 13.9. The third kappa shape index (κ3) is 6.62. The summed E-state index contributed by atoms with van der Waals surface area (Å²) in [6.45, 7) is 12.3. The number of alkyl halides is 2. The first-order chi connectivity index (χ1) is 22.4. The number of benzene rings is 1. The first-order valence-corrected chi connectivity index (χ1v) is 17.4. The zero-order valence-corrected chi connectivity index (χ0v) is 29.1. The molecular weight excluding hydrogens is 617 g/mol. The Bertz CT molecular complexity index is 1480. The van der Waals surface area contributed by atoms with E-state index in [1.807, 2.05) is 36.4 Å². The number of ether oxygens (including phenoxy) is 1. The number of halogens is 2. The van der Waals surface area contributed by atoms with Crippen LogP contribution in [0.25, 0.3) is 0 Å². The number of hydrogen-bond acceptors (Lipinski definition) is 7. The lowest BCUT2D eigenvalue weighted by atomic mass is 9.43. The van der Waals surface area contributed by atoms with Crippen LogP contribution < -0.4 is 5.32 Å². The van der Waals surface area contributed by atoms with Gasteiger partial charge >= 0.3 is 13.2 Å². The number of nitriles is 1. The molecule has 3 heterocycles. The van der Waals surface area contributed by atoms with E-state index >= 15 is 0 Å². The zero-order valence-electron chi connectivity index (χ0n) is 29.1. The fourth-order valence-electron chi connectivity index (χ4n) is 9.01. The average Bonchev–Trinajstić information content (AvgIpc) is 3.58. The van der Waals surface area contributed by atoms with Crippen LogP contribution in [0.3, 0.4) is 0 Å². The van der Waals surface area contributed by atoms with Crippen LogP contribution in [0.15, 0.2) is 42.0 Å². The minimum atomic E-state index is -2.79. The molecule has 6 aliphatic rings. The van der Waals surface area contributed by atoms with Crippen molar-refractivity contribution >= 4 is 19.1 Å². The summed E-state index contributed by atoms with van der Waals surface area (Å²) in [4.78, 5) is 30.3. The molecule has 3 aliphatic heterocycles. The van der Waals surface area contributed by atoms with Gasteiger partial charge in [-0.05, 0) is 88.7 Å². The number of amides is 2. The van der Waals surface area contributed by atoms with Crippen LogP contribution in [0.4, 0.5) is 13.6 Å². The summed E-state index contributed by atoms with van der Waals surface area (Å²) in [5.74, 6) is -2.84. The molecule has 3 aliphatic carbocycles. The molecule has 6 atom stereocenters. The topological polar surface area (TPSA) is 104 Å². The van der Waals surface area contributed by atoms with Gasteiger partial charge in [-0.1, -0.05) is 44.2 Å². The van der Waals surface area contributed by atoms with E-state index in [9.17, 15) is 23.6 Å². The normalized spacial score (nSPS) is 33.3. The summed E-state index contributed by atoms with van der Waals surface area (Å²) in [6, 6.07) is 11.9. The van der Waals surface area contributed by atoms with Crippen molar-refractivity contribution in [2.45, 2.75) is 115 Å². The second-order valence-electron chi connectivity index (χ2n) is 16.3. The van der Waals surface area contributed by atoms with Gasteiger partial charge in [0.05, 0.1) is 30.7 Å². The van der Waals surface area contributed by atoms with Gasteiger partial charge in [0.2, 0.25) is 0 Å². The van der Waals surface area contributed by atoms with Crippen molar-refractivity contribution in [3.63, 3.8) is 0 Å². The van der Waals surface area contributed by atoms with Crippen LogP contribution >= 0.6 is 0 Å². The van der Waals surface area contributed by atoms with Gasteiger partial charge < -0.3 is 24.3 Å². The SMILES string of the molecule is CC1(OC(=O)NC(Cc2ccccc2)B2O[C@@H]3C[C@@H]4C[C@@H](C4(C)C)[C@]3(C)O2)CCCN(C(=O)C(C#N)=CC(C)(C)N2CCC(F)(F)C2)C1. The third-order valence-corrected chi connectivity index (χ3v) is 12.0. The van der Waals surface area contributed by atoms with Gasteiger partial charge in [-0.25, -0.2) is 13.6 Å². The fraction of sp³-hybridized carbons (Fsp3) is 0.694. The standard InChI is InChI=1S/C36H49BF2N4O5/c1-32(2,43-16-14-36(38,39)23-43)20-25(21-40)30(44)42-15-10-13-34(5,22-42)46-31(45)41-29(17-24-11-8-7-9-12-24)37-47-28-19-26-18-27(33(26,3)4)35(28,6)48-37/h7-9,11-12,20,26-29H,10,13-19,22-23H2,1-6H3,(H,41,45)/t26-,27-,28+,29?,34?,35-/m0/s1. The summed E-state index contributed by atoms with van der Waals surface area (Å²) in [5, 5.41) is 13.0. The maximum atomic E-state index is 13.9. The molecule has 2 amide bonds. The molecule has 0 radical (unpaired) electrons. The molecule has 2 unspecified atom stereocenters. The first kappa shape index (κ1) is 34.8. The number of carbonyl (C=O) groups is 2. The van der Waals surface area contributed by atoms with E-state index in [0.717, 1.165) is 18.4 Å². The minimum Gasteiger partial charge on any atom is -0.441 e. The molecule has 7 rings (SSSR count). The Hall–Kier alpha value is -3.01. The monoisotopic (exact) mass is 666 g/mol. The molecule has 3 saturated carbocycles. The summed E-state index contributed by atoms with van der Waals surface area (Å²) in [7, 11) is -0.651. The van der Waals surface area contributed by atoms with E-state index in [1.165, 1.54) is 11.0 Å². The predicted molar refractivity (Wildman–Crippen MR) is 177 cm³/mol. The molecule has 0 spiro atoms. The smallest absolute Gasteiger partial charge is 0.441 e. The molecule has 1 aromatic rings. The average molecular weight is 667 g/mol. The van der Waals surface area contributed by atoms with Crippen LogP contribution in [-0.4, -0.2) is 89.8 Å². The van der Waals surface area contributed by atoms with Gasteiger partial charge in [0, 0.05) is 25.0 Å². The van der Waals surface area contributed by atoms with Gasteiger partial charge in [0.1, 0.15) is 17.2 Å². The first-order valence-electron chi connectivity index (χ1n) is 17.4. The van der Waals surface area contributed by atoms with Crippen molar-refractivity contribution < 1.29 is 32.4 Å². The van der Waals surface area contributed by atoms with Crippen LogP contribution in [0.1, 0.15) is 79.2 Å². The second kappa shape index (κ2) is 12.4. The molecule has 1 N–H and O–H groups in total. The molecule has 1 aromatic carbocycles. The fourth-order valence-corrected chi connectivity index (χ4v) is 9.01. The van der Waals surface area contributed by atoms with E-state index in [4.69, 9.17) is 14.0 Å². The lowest BCUT2D eigenvalue weighted by molar-refractivity contribution is -0.199. The van der Waals surface area contributed by atoms with Crippen LogP contribution in [-0.2, 0) is 25.3 Å². The maximum Gasteiger partial charge on any atom is 0.482 e. The van der Waals surface area contributed by atoms with Crippen LogP contribution in [0.5, 0.6) is 0 Å². The largest absolute Gasteiger partial charge is 0.482 e. The highest BCUT2D eigenvalue weighted by molar-refractivity contribution is 6.48. The van der Waals surface area contributed by atoms with E-state index in [2.05, 4.69) is 26.1 Å². The molecule has 0 aromatic heterocycles. The lowest BCUT2D eigenvalue weighted by Gasteiger charge is -2.64. The minimum absolute atomic E-state index is 0.0416. The van der Waals surface area contributed by atoms with Gasteiger partial charge in [0.15, 0.2) is 0 Å².